The van der Waals surface area contributed by atoms with Crippen LogP contribution in [0.4, 0.5) is 68.2 Å². The van der Waals surface area contributed by atoms with Crippen LogP contribution in [0.1, 0.15) is 27.4 Å². The monoisotopic (exact) mass is 1570 g/mol. The smallest absolute Gasteiger partial charge is 0.159 e. The largest absolute Gasteiger partial charge is 0.456 e. The summed E-state index contributed by atoms with van der Waals surface area (Å²) in [7, 11) is 0. The number of rotatable bonds is 14. The second-order valence-corrected chi connectivity index (χ2v) is 29.5. The van der Waals surface area contributed by atoms with E-state index in [0.29, 0.717) is 16.9 Å². The Kier molecular flexibility index (Phi) is 12.8. The molecule has 0 saturated heterocycles. The summed E-state index contributed by atoms with van der Waals surface area (Å²) in [5, 5.41) is 14.2. The first-order valence-electron chi connectivity index (χ1n) is 49.5. The molecule has 0 spiro atoms. The molecule has 0 bridgehead atoms. The number of hydrogen-bond donors (Lipinski definition) is 0. The van der Waals surface area contributed by atoms with Crippen molar-refractivity contribution in [3.05, 3.63) is 448 Å². The van der Waals surface area contributed by atoms with E-state index < -0.39 is 144 Å². The van der Waals surface area contributed by atoms with E-state index >= 15 is 0 Å². The van der Waals surface area contributed by atoms with Gasteiger partial charge >= 0.3 is 0 Å². The van der Waals surface area contributed by atoms with E-state index in [-0.39, 0.29) is 17.1 Å². The van der Waals surface area contributed by atoms with Crippen LogP contribution in [0.25, 0.3) is 131 Å². The summed E-state index contributed by atoms with van der Waals surface area (Å²) in [6.45, 7) is 0. The van der Waals surface area contributed by atoms with E-state index in [1.807, 2.05) is 60.7 Å². The van der Waals surface area contributed by atoms with Crippen LogP contribution in [-0.4, -0.2) is 0 Å². The summed E-state index contributed by atoms with van der Waals surface area (Å²) in [6.07, 6.45) is 0. The van der Waals surface area contributed by atoms with Gasteiger partial charge in [-0.3, -0.25) is 0 Å². The van der Waals surface area contributed by atoms with Crippen LogP contribution in [0.3, 0.4) is 0 Å². The molecule has 568 valence electrons. The maximum absolute atomic E-state index is 8.93. The fraction of sp³-hybridized carbons (Fsp3) is 0. The van der Waals surface area contributed by atoms with Crippen molar-refractivity contribution in [2.24, 2.45) is 0 Å². The van der Waals surface area contributed by atoms with Crippen molar-refractivity contribution < 1.29 is 41.3 Å². The normalized spacial score (nSPS) is 14.1. The molecule has 0 fully saturated rings. The van der Waals surface area contributed by atoms with Crippen molar-refractivity contribution >= 4 is 155 Å². The van der Waals surface area contributed by atoms with Gasteiger partial charge in [-0.15, -0.1) is 0 Å². The van der Waals surface area contributed by atoms with Crippen LogP contribution < -0.4 is 29.1 Å². The van der Waals surface area contributed by atoms with E-state index in [2.05, 4.69) is 228 Å². The van der Waals surface area contributed by atoms with Gasteiger partial charge in [-0.25, -0.2) is 0 Å². The lowest BCUT2D eigenvalue weighted by Crippen LogP contribution is -2.10. The molecule has 22 aromatic rings. The molecule has 21 aromatic carbocycles. The van der Waals surface area contributed by atoms with Gasteiger partial charge in [0.1, 0.15) is 28.6 Å². The second-order valence-electron chi connectivity index (χ2n) is 29.5. The molecule has 2 aliphatic rings. The van der Waals surface area contributed by atoms with Gasteiger partial charge in [-0.2, -0.15) is 0 Å². The summed E-state index contributed by atoms with van der Waals surface area (Å²) in [5.41, 5.74) is 13.9. The second kappa shape index (κ2) is 29.5. The Morgan fingerprint density at radius 2 is 0.512 bits per heavy atom. The fourth-order valence-corrected chi connectivity index (χ4v) is 17.5. The van der Waals surface area contributed by atoms with Crippen molar-refractivity contribution in [1.29, 1.82) is 0 Å². The third-order valence-corrected chi connectivity index (χ3v) is 22.8. The highest BCUT2D eigenvalue weighted by atomic mass is 16.5. The lowest BCUT2D eigenvalue weighted by Gasteiger charge is -2.28. The zero-order chi connectivity index (χ0) is 97.3. The number of anilines is 12. The third kappa shape index (κ3) is 12.2. The number of benzene rings is 21. The van der Waals surface area contributed by atoms with E-state index in [4.69, 9.17) is 41.3 Å². The summed E-state index contributed by atoms with van der Waals surface area (Å²) in [4.78, 5) is 6.75. The maximum Gasteiger partial charge on any atom is 0.159 e. The highest BCUT2D eigenvalue weighted by Crippen LogP contribution is 2.56. The molecule has 3 heterocycles. The van der Waals surface area contributed by atoms with Crippen molar-refractivity contribution in [2.75, 3.05) is 19.6 Å². The van der Waals surface area contributed by atoms with Crippen LogP contribution in [0.15, 0.2) is 453 Å². The van der Waals surface area contributed by atoms with Gasteiger partial charge in [0, 0.05) is 107 Å². The van der Waals surface area contributed by atoms with E-state index in [1.54, 1.807) is 42.5 Å². The van der Waals surface area contributed by atoms with Gasteiger partial charge in [0.05, 0.1) is 33.1 Å². The van der Waals surface area contributed by atoms with Gasteiger partial charge in [0.15, 0.2) is 5.58 Å². The third-order valence-electron chi connectivity index (χ3n) is 22.8. The first-order chi connectivity index (χ1) is 68.3. The SMILES string of the molecule is [2H]c1c([2H])c([2H])c(N(c2ccc(-c3cc4c5cccc6c5c(cc4c4ccccc34)-c3ccc(N(c4c([2H])c([2H])c([2H])c([2H])c4[2H])c4c([2H])c([2H])c([2H])c([2H])c4[2H])cc3O6)cc2)c2c([2H])c([2H])c([2H])c([2H])c2[2H])c([2H])c1[2H].c1ccc(N(c2ccccc2)c2ccc3c(c2)Oc2cccc4c2c-3cc2c3ccccc3c(-c3ccc(N(c5ccccc5)c5cccc6c5oc5ccccc56)cc3)cc42)cc1. The lowest BCUT2D eigenvalue weighted by atomic mass is 9.86. The molecular formula is C114H74N4O3. The Labute approximate surface area is 728 Å². The number of nitrogens with zero attached hydrogens (tertiary/aromatic N) is 4. The zero-order valence-corrected chi connectivity index (χ0v) is 64.2. The number of fused-ring (bicyclic) bond motifs is 15. The molecule has 24 rings (SSSR count). The zero-order valence-electron chi connectivity index (χ0n) is 84.2. The number of ether oxygens (including phenoxy) is 2. The first-order valence-corrected chi connectivity index (χ1v) is 39.5. The van der Waals surface area contributed by atoms with Crippen molar-refractivity contribution in [2.45, 2.75) is 0 Å². The van der Waals surface area contributed by atoms with Crippen molar-refractivity contribution in [3.63, 3.8) is 0 Å². The van der Waals surface area contributed by atoms with Gasteiger partial charge in [-0.05, 0) is 269 Å². The summed E-state index contributed by atoms with van der Waals surface area (Å²) in [6, 6.07) is 97.2. The number of furan rings is 1. The van der Waals surface area contributed by atoms with Crippen LogP contribution in [0.2, 0.25) is 0 Å². The highest BCUT2D eigenvalue weighted by Gasteiger charge is 2.29. The predicted molar refractivity (Wildman–Crippen MR) is 506 cm³/mol. The quantitative estimate of drug-likeness (QED) is 0.101. The van der Waals surface area contributed by atoms with Crippen molar-refractivity contribution in [1.82, 2.24) is 0 Å². The molecule has 0 aliphatic carbocycles. The van der Waals surface area contributed by atoms with Gasteiger partial charge in [0.25, 0.3) is 0 Å². The first kappa shape index (κ1) is 52.4. The molecule has 0 saturated carbocycles. The number of hydrogen-bond acceptors (Lipinski definition) is 7. The molecule has 2 aliphatic heterocycles. The Morgan fingerprint density at radius 1 is 0.190 bits per heavy atom. The number of para-hydroxylation sites is 9. The minimum absolute atomic E-state index is 0.0723. The lowest BCUT2D eigenvalue weighted by molar-refractivity contribution is 0.487. The summed E-state index contributed by atoms with van der Waals surface area (Å²) in [5.74, 6) is 2.40. The molecule has 0 unspecified atom stereocenters. The minimum atomic E-state index is -0.696. The maximum atomic E-state index is 8.93. The fourth-order valence-electron chi connectivity index (χ4n) is 17.5. The average molecular weight is 1570 g/mol. The van der Waals surface area contributed by atoms with Crippen molar-refractivity contribution in [3.8, 4) is 67.5 Å². The Hall–Kier alpha value is -16.2. The Morgan fingerprint density at radius 3 is 0.959 bits per heavy atom. The molecule has 7 nitrogen and oxygen atoms in total. The topological polar surface area (TPSA) is 44.6 Å². The molecule has 0 N–H and O–H groups in total. The predicted octanol–water partition coefficient (Wildman–Crippen LogP) is 33.0. The van der Waals surface area contributed by atoms with E-state index in [9.17, 15) is 0 Å². The Balaban J connectivity index is 0.000000159. The molecule has 1 aromatic heterocycles. The van der Waals surface area contributed by atoms with Gasteiger partial charge in [0.2, 0.25) is 0 Å². The standard InChI is InChI=1S/C60H38N2O2.C54H36N2O/c1-4-16-40(17-5-1)61(41-18-6-2-7-19-41)44-34-35-48-54-38-52-46-23-11-10-22-45(46)51(37-53(52)49-25-15-29-57(59(49)54)63-58(48)36-44)39-30-32-43(33-31-39)62(42-20-8-3-9-21-42)55-27-14-26-50-47-24-12-13-28-56(47)64-60(50)55;1-5-16-38(17-6-1)55(39-18-7-2-8-19-39)42-30-28-37(29-31-42)48-35-50-47-26-15-27-52-54(47)51(36-49(50)45-25-14-13-24-44(45)48)46-33-32-43(34-53(46)57-52)56(40-20-9-3-10-21-40)41-22-11-4-12-23-41/h1-38H;1-36H/i;1D,2D,3D,4D,5D,6D,7D,8D,9D,10D,11D,12D,16D,17D,18D,19D,20D,21D,22D,23D. The minimum Gasteiger partial charge on any atom is -0.456 e. The van der Waals surface area contributed by atoms with Crippen LogP contribution in [0.5, 0.6) is 23.0 Å². The molecule has 7 heteroatoms. The van der Waals surface area contributed by atoms with Crippen LogP contribution in [-0.2, 0) is 0 Å². The molecule has 0 amide bonds. The highest BCUT2D eigenvalue weighted by molar-refractivity contribution is 6.27. The molecular weight excluding hydrogens is 1470 g/mol. The van der Waals surface area contributed by atoms with Gasteiger partial charge in [-0.1, -0.05) is 255 Å². The van der Waals surface area contributed by atoms with E-state index in [0.717, 1.165) is 137 Å². The summed E-state index contributed by atoms with van der Waals surface area (Å²) < 4.78 is 192. The molecule has 121 heavy (non-hydrogen) atoms. The van der Waals surface area contributed by atoms with Crippen LogP contribution in [0, 0.1) is 0 Å². The Bertz CT molecular complexity index is 8800. The van der Waals surface area contributed by atoms with Gasteiger partial charge < -0.3 is 33.5 Å². The average Bonchev–Trinajstić information content (AvgIpc) is 1.71. The van der Waals surface area contributed by atoms with Crippen LogP contribution >= 0.6 is 0 Å². The summed E-state index contributed by atoms with van der Waals surface area (Å²) >= 11 is 0. The molecule has 0 atom stereocenters. The molecule has 0 radical (unpaired) electrons. The van der Waals surface area contributed by atoms with E-state index in [1.165, 1.54) is 44.1 Å².